The average molecular weight is 169 g/mol. The quantitative estimate of drug-likeness (QED) is 0.549. The minimum Gasteiger partial charge on any atom is -0.453 e. The van der Waals surface area contributed by atoms with Crippen LogP contribution in [0.5, 0.6) is 0 Å². The molecule has 0 N–H and O–H groups in total. The lowest BCUT2D eigenvalue weighted by atomic mass is 10.0. The summed E-state index contributed by atoms with van der Waals surface area (Å²) in [4.78, 5) is 13.0. The highest BCUT2D eigenvalue weighted by Crippen LogP contribution is 2.56. The highest BCUT2D eigenvalue weighted by molar-refractivity contribution is 5.67. The highest BCUT2D eigenvalue weighted by Gasteiger charge is 2.53. The van der Waals surface area contributed by atoms with Gasteiger partial charge >= 0.3 is 6.09 Å². The van der Waals surface area contributed by atoms with E-state index in [-0.39, 0.29) is 6.09 Å². The number of piperidine rings is 1. The maximum Gasteiger partial charge on any atom is 0.409 e. The molecule has 12 heavy (non-hydrogen) atoms. The van der Waals surface area contributed by atoms with Gasteiger partial charge in [0.1, 0.15) is 0 Å². The lowest BCUT2D eigenvalue weighted by molar-refractivity contribution is 0.102. The minimum atomic E-state index is -0.165. The van der Waals surface area contributed by atoms with E-state index in [1.165, 1.54) is 13.5 Å². The zero-order valence-corrected chi connectivity index (χ0v) is 7.67. The standard InChI is InChI=1S/C9H15NO2/c1-9-5-7(9)3-4-10(6-9)8(11)12-2/h7H,3-6H2,1-2H3. The Morgan fingerprint density at radius 2 is 2.42 bits per heavy atom. The summed E-state index contributed by atoms with van der Waals surface area (Å²) in [6.07, 6.45) is 2.29. The molecule has 1 amide bonds. The number of ether oxygens (including phenoxy) is 1. The van der Waals surface area contributed by atoms with E-state index in [4.69, 9.17) is 0 Å². The van der Waals surface area contributed by atoms with Gasteiger partial charge in [-0.1, -0.05) is 6.92 Å². The van der Waals surface area contributed by atoms with Crippen molar-refractivity contribution in [1.82, 2.24) is 4.90 Å². The van der Waals surface area contributed by atoms with E-state index in [1.54, 1.807) is 0 Å². The van der Waals surface area contributed by atoms with Crippen LogP contribution in [0.3, 0.4) is 0 Å². The Balaban J connectivity index is 1.97. The Hall–Kier alpha value is -0.730. The topological polar surface area (TPSA) is 29.5 Å². The van der Waals surface area contributed by atoms with Gasteiger partial charge in [-0.25, -0.2) is 4.79 Å². The maximum atomic E-state index is 11.2. The number of rotatable bonds is 0. The Kier molecular flexibility index (Phi) is 1.56. The van der Waals surface area contributed by atoms with Crippen molar-refractivity contribution < 1.29 is 9.53 Å². The van der Waals surface area contributed by atoms with E-state index < -0.39 is 0 Å². The number of carbonyl (C=O) groups excluding carboxylic acids is 1. The largest absolute Gasteiger partial charge is 0.453 e. The van der Waals surface area contributed by atoms with E-state index in [0.717, 1.165) is 25.4 Å². The molecule has 2 aliphatic rings. The molecule has 3 nitrogen and oxygen atoms in total. The molecule has 0 aromatic heterocycles. The van der Waals surface area contributed by atoms with Crippen molar-refractivity contribution in [1.29, 1.82) is 0 Å². The van der Waals surface area contributed by atoms with E-state index in [9.17, 15) is 4.79 Å². The van der Waals surface area contributed by atoms with Gasteiger partial charge in [0.25, 0.3) is 0 Å². The fraction of sp³-hybridized carbons (Fsp3) is 0.889. The zero-order chi connectivity index (χ0) is 8.77. The number of carbonyl (C=O) groups is 1. The molecule has 0 radical (unpaired) electrons. The third-order valence-corrected chi connectivity index (χ3v) is 3.27. The molecule has 1 aliphatic heterocycles. The Labute approximate surface area is 72.7 Å². The van der Waals surface area contributed by atoms with Gasteiger partial charge in [0.15, 0.2) is 0 Å². The van der Waals surface area contributed by atoms with Crippen LogP contribution in [0.2, 0.25) is 0 Å². The van der Waals surface area contributed by atoms with E-state index in [2.05, 4.69) is 11.7 Å². The Morgan fingerprint density at radius 1 is 1.67 bits per heavy atom. The molecule has 0 spiro atoms. The van der Waals surface area contributed by atoms with Crippen LogP contribution in [0.4, 0.5) is 4.79 Å². The van der Waals surface area contributed by atoms with Gasteiger partial charge in [-0.15, -0.1) is 0 Å². The summed E-state index contributed by atoms with van der Waals surface area (Å²) in [5.41, 5.74) is 0.423. The highest BCUT2D eigenvalue weighted by atomic mass is 16.5. The first-order valence-electron chi connectivity index (χ1n) is 4.48. The number of nitrogens with zero attached hydrogens (tertiary/aromatic N) is 1. The molecule has 2 atom stereocenters. The summed E-state index contributed by atoms with van der Waals surface area (Å²) in [7, 11) is 1.45. The summed E-state index contributed by atoms with van der Waals surface area (Å²) < 4.78 is 4.69. The van der Waals surface area contributed by atoms with Crippen LogP contribution in [0.1, 0.15) is 19.8 Å². The van der Waals surface area contributed by atoms with E-state index in [0.29, 0.717) is 5.41 Å². The number of likely N-dealkylation sites (tertiary alicyclic amines) is 1. The van der Waals surface area contributed by atoms with Gasteiger partial charge < -0.3 is 9.64 Å². The van der Waals surface area contributed by atoms with Gasteiger partial charge in [-0.05, 0) is 24.2 Å². The van der Waals surface area contributed by atoms with Gasteiger partial charge in [0.2, 0.25) is 0 Å². The molecule has 0 bridgehead atoms. The lowest BCUT2D eigenvalue weighted by Crippen LogP contribution is -2.39. The van der Waals surface area contributed by atoms with Crippen molar-refractivity contribution in [2.24, 2.45) is 11.3 Å². The third kappa shape index (κ3) is 1.08. The first kappa shape index (κ1) is 7.90. The second-order valence-corrected chi connectivity index (χ2v) is 4.24. The molecule has 0 aromatic rings. The predicted molar refractivity (Wildman–Crippen MR) is 44.8 cm³/mol. The molecule has 68 valence electrons. The SMILES string of the molecule is COC(=O)N1CCC2CC2(C)C1. The first-order chi connectivity index (χ1) is 5.65. The molecule has 2 fully saturated rings. The van der Waals surface area contributed by atoms with Crippen LogP contribution in [-0.2, 0) is 4.74 Å². The lowest BCUT2D eigenvalue weighted by Gasteiger charge is -2.29. The molecule has 1 saturated heterocycles. The zero-order valence-electron chi connectivity index (χ0n) is 7.67. The minimum absolute atomic E-state index is 0.165. The molecular formula is C9H15NO2. The summed E-state index contributed by atoms with van der Waals surface area (Å²) in [5, 5.41) is 0. The van der Waals surface area contributed by atoms with Crippen molar-refractivity contribution in [2.75, 3.05) is 20.2 Å². The summed E-state index contributed by atoms with van der Waals surface area (Å²) in [6.45, 7) is 4.03. The Bertz CT molecular complexity index is 217. The van der Waals surface area contributed by atoms with Gasteiger partial charge in [0.05, 0.1) is 7.11 Å². The van der Waals surface area contributed by atoms with Crippen LogP contribution < -0.4 is 0 Å². The molecule has 2 unspecified atom stereocenters. The smallest absolute Gasteiger partial charge is 0.409 e. The Morgan fingerprint density at radius 3 is 3.00 bits per heavy atom. The van der Waals surface area contributed by atoms with Crippen molar-refractivity contribution in [3.05, 3.63) is 0 Å². The summed E-state index contributed by atoms with van der Waals surface area (Å²) >= 11 is 0. The second kappa shape index (κ2) is 2.38. The predicted octanol–water partition coefficient (Wildman–Crippen LogP) is 1.48. The van der Waals surface area contributed by atoms with Crippen molar-refractivity contribution in [2.45, 2.75) is 19.8 Å². The van der Waals surface area contributed by atoms with Crippen molar-refractivity contribution in [3.8, 4) is 0 Å². The monoisotopic (exact) mass is 169 g/mol. The van der Waals surface area contributed by atoms with Crippen LogP contribution in [0.15, 0.2) is 0 Å². The fourth-order valence-electron chi connectivity index (χ4n) is 2.26. The van der Waals surface area contributed by atoms with Crippen LogP contribution in [-0.4, -0.2) is 31.2 Å². The number of hydrogen-bond donors (Lipinski definition) is 0. The number of amides is 1. The van der Waals surface area contributed by atoms with Crippen molar-refractivity contribution in [3.63, 3.8) is 0 Å². The maximum absolute atomic E-state index is 11.2. The molecule has 3 heteroatoms. The molecule has 0 aromatic carbocycles. The van der Waals surface area contributed by atoms with Gasteiger partial charge in [0, 0.05) is 13.1 Å². The van der Waals surface area contributed by atoms with Crippen molar-refractivity contribution >= 4 is 6.09 Å². The number of methoxy groups -OCH3 is 1. The third-order valence-electron chi connectivity index (χ3n) is 3.27. The summed E-state index contributed by atoms with van der Waals surface area (Å²) in [5.74, 6) is 0.874. The molecule has 1 aliphatic carbocycles. The van der Waals surface area contributed by atoms with Gasteiger partial charge in [-0.2, -0.15) is 0 Å². The number of fused-ring (bicyclic) bond motifs is 1. The fourth-order valence-corrected chi connectivity index (χ4v) is 2.26. The normalized spacial score (nSPS) is 38.8. The molecule has 1 saturated carbocycles. The summed E-state index contributed by atoms with van der Waals surface area (Å²) in [6, 6.07) is 0. The number of hydrogen-bond acceptors (Lipinski definition) is 2. The molecule has 1 heterocycles. The molecule has 2 rings (SSSR count). The van der Waals surface area contributed by atoms with Crippen LogP contribution in [0.25, 0.3) is 0 Å². The van der Waals surface area contributed by atoms with Gasteiger partial charge in [-0.3, -0.25) is 0 Å². The van der Waals surface area contributed by atoms with E-state index in [1.807, 2.05) is 4.90 Å². The second-order valence-electron chi connectivity index (χ2n) is 4.24. The molecular weight excluding hydrogens is 154 g/mol. The van der Waals surface area contributed by atoms with Crippen LogP contribution in [0, 0.1) is 11.3 Å². The van der Waals surface area contributed by atoms with Crippen LogP contribution >= 0.6 is 0 Å². The average Bonchev–Trinajstić information content (AvgIpc) is 2.73. The van der Waals surface area contributed by atoms with E-state index >= 15 is 0 Å². The first-order valence-corrected chi connectivity index (χ1v) is 4.48.